The lowest BCUT2D eigenvalue weighted by atomic mass is 10.3. The van der Waals surface area contributed by atoms with Crippen molar-refractivity contribution in [1.82, 2.24) is 10.9 Å². The number of amides is 1. The second-order valence-corrected chi connectivity index (χ2v) is 6.20. The molecule has 0 aromatic heterocycles. The number of hydrogen-bond acceptors (Lipinski definition) is 3. The lowest BCUT2D eigenvalue weighted by Gasteiger charge is -2.17. The van der Waals surface area contributed by atoms with Gasteiger partial charge < -0.3 is 10.1 Å². The minimum absolute atomic E-state index is 0.0144. The van der Waals surface area contributed by atoms with E-state index in [9.17, 15) is 9.18 Å². The Bertz CT molecular complexity index is 771. The van der Waals surface area contributed by atoms with Crippen LogP contribution < -0.4 is 20.9 Å². The van der Waals surface area contributed by atoms with Gasteiger partial charge in [0.2, 0.25) is 0 Å². The van der Waals surface area contributed by atoms with E-state index in [4.69, 9.17) is 40.2 Å². The molecule has 0 saturated carbocycles. The number of anilines is 1. The molecule has 0 unspecified atom stereocenters. The van der Waals surface area contributed by atoms with Crippen LogP contribution in [-0.4, -0.2) is 17.1 Å². The molecule has 0 bridgehead atoms. The lowest BCUT2D eigenvalue weighted by molar-refractivity contribution is -0.127. The number of nitrogens with one attached hydrogen (secondary N) is 3. The predicted molar refractivity (Wildman–Crippen MR) is 100 cm³/mol. The van der Waals surface area contributed by atoms with Crippen molar-refractivity contribution in [3.8, 4) is 5.75 Å². The normalized spacial score (nSPS) is 11.4. The summed E-state index contributed by atoms with van der Waals surface area (Å²) < 4.78 is 18.8. The largest absolute Gasteiger partial charge is 0.478 e. The predicted octanol–water partition coefficient (Wildman–Crippen LogP) is 3.92. The Balaban J connectivity index is 1.84. The van der Waals surface area contributed by atoms with E-state index >= 15 is 0 Å². The van der Waals surface area contributed by atoms with E-state index in [1.165, 1.54) is 25.1 Å². The number of para-hydroxylation sites is 1. The van der Waals surface area contributed by atoms with Crippen LogP contribution in [0.15, 0.2) is 42.5 Å². The molecule has 0 aliphatic heterocycles. The van der Waals surface area contributed by atoms with E-state index in [1.54, 1.807) is 24.3 Å². The molecule has 0 radical (unpaired) electrons. The average molecular weight is 402 g/mol. The number of ether oxygens (including phenoxy) is 1. The van der Waals surface area contributed by atoms with Crippen LogP contribution in [0.3, 0.4) is 0 Å². The summed E-state index contributed by atoms with van der Waals surface area (Å²) in [6, 6.07) is 10.6. The Hall–Kier alpha value is -2.09. The Morgan fingerprint density at radius 1 is 1.16 bits per heavy atom. The number of hydrogen-bond donors (Lipinski definition) is 3. The first kappa shape index (κ1) is 19.2. The molecule has 0 aliphatic carbocycles. The number of carbonyl (C=O) groups is 1. The van der Waals surface area contributed by atoms with Crippen molar-refractivity contribution in [2.24, 2.45) is 0 Å². The number of halogens is 3. The maximum atomic E-state index is 13.5. The van der Waals surface area contributed by atoms with Gasteiger partial charge in [-0.25, -0.2) is 4.39 Å². The van der Waals surface area contributed by atoms with Crippen LogP contribution in [0.1, 0.15) is 6.92 Å². The zero-order valence-electron chi connectivity index (χ0n) is 13.0. The summed E-state index contributed by atoms with van der Waals surface area (Å²) in [6.45, 7) is 1.48. The highest BCUT2D eigenvalue weighted by atomic mass is 35.5. The van der Waals surface area contributed by atoms with Crippen LogP contribution in [0.5, 0.6) is 5.75 Å². The van der Waals surface area contributed by atoms with Crippen LogP contribution in [0, 0.1) is 5.82 Å². The van der Waals surface area contributed by atoms with E-state index in [1.807, 2.05) is 0 Å². The quantitative estimate of drug-likeness (QED) is 0.535. The van der Waals surface area contributed by atoms with Gasteiger partial charge in [0.05, 0.1) is 0 Å². The fourth-order valence-corrected chi connectivity index (χ4v) is 2.49. The van der Waals surface area contributed by atoms with Crippen LogP contribution in [-0.2, 0) is 4.79 Å². The highest BCUT2D eigenvalue weighted by Crippen LogP contribution is 2.22. The number of thiocarbonyl (C=S) groups is 1. The Labute approximate surface area is 159 Å². The third-order valence-corrected chi connectivity index (χ3v) is 3.57. The smallest absolute Gasteiger partial charge is 0.279 e. The molecule has 0 fully saturated rings. The molecule has 2 rings (SSSR count). The molecule has 1 atom stereocenters. The van der Waals surface area contributed by atoms with Crippen molar-refractivity contribution in [2.75, 3.05) is 5.32 Å². The Kier molecular flexibility index (Phi) is 6.81. The van der Waals surface area contributed by atoms with Crippen molar-refractivity contribution in [1.29, 1.82) is 0 Å². The van der Waals surface area contributed by atoms with E-state index in [0.29, 0.717) is 15.7 Å². The maximum absolute atomic E-state index is 13.5. The molecule has 0 heterocycles. The first-order chi connectivity index (χ1) is 11.8. The average Bonchev–Trinajstić information content (AvgIpc) is 2.53. The SMILES string of the molecule is C[C@H](Oc1ccccc1F)C(=O)NNC(=S)Nc1cc(Cl)cc(Cl)c1. The van der Waals surface area contributed by atoms with E-state index in [2.05, 4.69) is 16.2 Å². The summed E-state index contributed by atoms with van der Waals surface area (Å²) in [5, 5.41) is 3.81. The minimum Gasteiger partial charge on any atom is -0.478 e. The first-order valence-corrected chi connectivity index (χ1v) is 8.25. The third-order valence-electron chi connectivity index (χ3n) is 2.93. The van der Waals surface area contributed by atoms with Crippen molar-refractivity contribution >= 4 is 52.1 Å². The Morgan fingerprint density at radius 3 is 2.44 bits per heavy atom. The van der Waals surface area contributed by atoms with Gasteiger partial charge in [-0.05, 0) is 49.5 Å². The highest BCUT2D eigenvalue weighted by molar-refractivity contribution is 7.80. The summed E-state index contributed by atoms with van der Waals surface area (Å²) in [5.74, 6) is -1.10. The monoisotopic (exact) mass is 401 g/mol. The van der Waals surface area contributed by atoms with Crippen molar-refractivity contribution < 1.29 is 13.9 Å². The first-order valence-electron chi connectivity index (χ1n) is 7.09. The maximum Gasteiger partial charge on any atom is 0.279 e. The van der Waals surface area contributed by atoms with Gasteiger partial charge in [-0.3, -0.25) is 15.6 Å². The van der Waals surface area contributed by atoms with Crippen LogP contribution in [0.2, 0.25) is 10.0 Å². The fourth-order valence-electron chi connectivity index (χ4n) is 1.79. The zero-order chi connectivity index (χ0) is 18.4. The van der Waals surface area contributed by atoms with Crippen molar-refractivity contribution in [3.63, 3.8) is 0 Å². The molecular weight excluding hydrogens is 388 g/mol. The van der Waals surface area contributed by atoms with Crippen LogP contribution >= 0.6 is 35.4 Å². The summed E-state index contributed by atoms with van der Waals surface area (Å²) in [7, 11) is 0. The van der Waals surface area contributed by atoms with Gasteiger partial charge in [-0.2, -0.15) is 0 Å². The number of carbonyl (C=O) groups excluding carboxylic acids is 1. The second-order valence-electron chi connectivity index (χ2n) is 4.92. The molecule has 9 heteroatoms. The summed E-state index contributed by atoms with van der Waals surface area (Å²) in [5.41, 5.74) is 5.43. The van der Waals surface area contributed by atoms with Gasteiger partial charge in [0, 0.05) is 15.7 Å². The third kappa shape index (κ3) is 6.04. The second kappa shape index (κ2) is 8.84. The van der Waals surface area contributed by atoms with E-state index in [-0.39, 0.29) is 10.9 Å². The molecule has 5 nitrogen and oxygen atoms in total. The molecular formula is C16H14Cl2FN3O2S. The number of benzene rings is 2. The van der Waals surface area contributed by atoms with Crippen molar-refractivity contribution in [3.05, 3.63) is 58.3 Å². The fraction of sp³-hybridized carbons (Fsp3) is 0.125. The topological polar surface area (TPSA) is 62.4 Å². The summed E-state index contributed by atoms with van der Waals surface area (Å²) >= 11 is 16.8. The van der Waals surface area contributed by atoms with E-state index < -0.39 is 17.8 Å². The summed E-state index contributed by atoms with van der Waals surface area (Å²) in [6.07, 6.45) is -0.937. The zero-order valence-corrected chi connectivity index (χ0v) is 15.3. The lowest BCUT2D eigenvalue weighted by Crippen LogP contribution is -2.48. The molecule has 3 N–H and O–H groups in total. The molecule has 2 aromatic carbocycles. The number of hydrazine groups is 1. The molecule has 0 spiro atoms. The molecule has 25 heavy (non-hydrogen) atoms. The molecule has 2 aromatic rings. The molecule has 0 saturated heterocycles. The van der Waals surface area contributed by atoms with Gasteiger partial charge >= 0.3 is 0 Å². The van der Waals surface area contributed by atoms with Gasteiger partial charge in [-0.15, -0.1) is 0 Å². The van der Waals surface area contributed by atoms with Gasteiger partial charge in [0.15, 0.2) is 22.8 Å². The molecule has 0 aliphatic rings. The summed E-state index contributed by atoms with van der Waals surface area (Å²) in [4.78, 5) is 12.0. The minimum atomic E-state index is -0.937. The van der Waals surface area contributed by atoms with Gasteiger partial charge in [0.25, 0.3) is 5.91 Å². The Morgan fingerprint density at radius 2 is 1.80 bits per heavy atom. The highest BCUT2D eigenvalue weighted by Gasteiger charge is 2.16. The van der Waals surface area contributed by atoms with Crippen LogP contribution in [0.25, 0.3) is 0 Å². The van der Waals surface area contributed by atoms with E-state index in [0.717, 1.165) is 0 Å². The number of rotatable bonds is 4. The van der Waals surface area contributed by atoms with Gasteiger partial charge in [-0.1, -0.05) is 35.3 Å². The van der Waals surface area contributed by atoms with Gasteiger partial charge in [0.1, 0.15) is 0 Å². The molecule has 1 amide bonds. The molecule has 132 valence electrons. The van der Waals surface area contributed by atoms with Crippen molar-refractivity contribution in [2.45, 2.75) is 13.0 Å². The van der Waals surface area contributed by atoms with Crippen LogP contribution in [0.4, 0.5) is 10.1 Å². The standard InChI is InChI=1S/C16H14Cl2FN3O2S/c1-9(24-14-5-3-2-4-13(14)19)15(23)21-22-16(25)20-12-7-10(17)6-11(18)8-12/h2-9H,1H3,(H,21,23)(H2,20,22,25)/t9-/m0/s1.